The number of morpholine rings is 1. The van der Waals surface area contributed by atoms with Gasteiger partial charge in [0, 0.05) is 26.1 Å². The van der Waals surface area contributed by atoms with E-state index in [-0.39, 0.29) is 17.5 Å². The summed E-state index contributed by atoms with van der Waals surface area (Å²) >= 11 is 0. The Kier molecular flexibility index (Phi) is 7.18. The van der Waals surface area contributed by atoms with Gasteiger partial charge in [-0.3, -0.25) is 14.5 Å². The summed E-state index contributed by atoms with van der Waals surface area (Å²) in [4.78, 5) is 28.6. The lowest BCUT2D eigenvalue weighted by Crippen LogP contribution is -2.47. The van der Waals surface area contributed by atoms with Crippen LogP contribution in [0.3, 0.4) is 0 Å². The number of amides is 2. The van der Waals surface area contributed by atoms with Crippen molar-refractivity contribution in [2.75, 3.05) is 51.3 Å². The molecule has 148 valence electrons. The second kappa shape index (κ2) is 9.80. The molecular formula is C20H28FN3O3. The zero-order valence-corrected chi connectivity index (χ0v) is 15.7. The maximum absolute atomic E-state index is 13.6. The monoisotopic (exact) mass is 377 g/mol. The van der Waals surface area contributed by atoms with E-state index in [1.807, 2.05) is 4.90 Å². The van der Waals surface area contributed by atoms with Crippen LogP contribution in [0.15, 0.2) is 24.3 Å². The number of rotatable bonds is 6. The molecule has 0 aromatic heterocycles. The predicted molar refractivity (Wildman–Crippen MR) is 101 cm³/mol. The van der Waals surface area contributed by atoms with Crippen LogP contribution in [0.5, 0.6) is 0 Å². The molecule has 2 saturated heterocycles. The molecule has 2 fully saturated rings. The first-order valence-corrected chi connectivity index (χ1v) is 9.74. The molecule has 1 N–H and O–H groups in total. The summed E-state index contributed by atoms with van der Waals surface area (Å²) in [6, 6.07) is 6.19. The van der Waals surface area contributed by atoms with Crippen molar-refractivity contribution in [3.63, 3.8) is 0 Å². The molecule has 0 saturated carbocycles. The lowest BCUT2D eigenvalue weighted by molar-refractivity contribution is -0.137. The first-order valence-electron chi connectivity index (χ1n) is 9.74. The average Bonchev–Trinajstić information content (AvgIpc) is 2.69. The molecule has 3 rings (SSSR count). The number of piperidine rings is 1. The summed E-state index contributed by atoms with van der Waals surface area (Å²) in [6.45, 7) is 4.78. The van der Waals surface area contributed by atoms with Gasteiger partial charge in [-0.1, -0.05) is 12.1 Å². The first-order chi connectivity index (χ1) is 13.1. The van der Waals surface area contributed by atoms with Crippen molar-refractivity contribution in [1.82, 2.24) is 9.80 Å². The molecule has 0 unspecified atom stereocenters. The van der Waals surface area contributed by atoms with Crippen LogP contribution in [0.2, 0.25) is 0 Å². The van der Waals surface area contributed by atoms with Crippen LogP contribution in [0.25, 0.3) is 0 Å². The molecule has 27 heavy (non-hydrogen) atoms. The number of carbonyl (C=O) groups excluding carboxylic acids is 2. The van der Waals surface area contributed by atoms with Crippen LogP contribution in [0.1, 0.15) is 25.7 Å². The number of para-hydroxylation sites is 1. The molecule has 1 aromatic rings. The summed E-state index contributed by atoms with van der Waals surface area (Å²) < 4.78 is 18.9. The van der Waals surface area contributed by atoms with Gasteiger partial charge in [0.25, 0.3) is 0 Å². The van der Waals surface area contributed by atoms with Crippen LogP contribution >= 0.6 is 0 Å². The fourth-order valence-electron chi connectivity index (χ4n) is 3.75. The van der Waals surface area contributed by atoms with Gasteiger partial charge in [-0.2, -0.15) is 0 Å². The van der Waals surface area contributed by atoms with Crippen molar-refractivity contribution in [3.05, 3.63) is 30.1 Å². The molecule has 0 radical (unpaired) electrons. The Morgan fingerprint density at radius 1 is 1.19 bits per heavy atom. The minimum atomic E-state index is -0.420. The van der Waals surface area contributed by atoms with E-state index >= 15 is 0 Å². The topological polar surface area (TPSA) is 61.9 Å². The molecule has 0 spiro atoms. The molecule has 2 amide bonds. The van der Waals surface area contributed by atoms with Crippen molar-refractivity contribution in [2.45, 2.75) is 25.7 Å². The average molecular weight is 377 g/mol. The molecule has 1 atom stereocenters. The summed E-state index contributed by atoms with van der Waals surface area (Å²) in [5.41, 5.74) is 0.226. The number of hydrogen-bond acceptors (Lipinski definition) is 4. The number of likely N-dealkylation sites (tertiary alicyclic amines) is 1. The molecular weight excluding hydrogens is 349 g/mol. The van der Waals surface area contributed by atoms with E-state index in [2.05, 4.69) is 10.2 Å². The second-order valence-corrected chi connectivity index (χ2v) is 7.30. The number of hydrogen-bond donors (Lipinski definition) is 1. The minimum Gasteiger partial charge on any atom is -0.378 e. The maximum atomic E-state index is 13.6. The molecule has 7 heteroatoms. The van der Waals surface area contributed by atoms with Gasteiger partial charge in [0.15, 0.2) is 0 Å². The summed E-state index contributed by atoms with van der Waals surface area (Å²) in [6.07, 6.45) is 3.22. The first kappa shape index (κ1) is 19.8. The Morgan fingerprint density at radius 2 is 1.96 bits per heavy atom. The van der Waals surface area contributed by atoms with Gasteiger partial charge in [-0.05, 0) is 43.9 Å². The number of nitrogens with zero attached hydrogens (tertiary/aromatic N) is 2. The van der Waals surface area contributed by atoms with Gasteiger partial charge in [0.1, 0.15) is 5.82 Å². The highest BCUT2D eigenvalue weighted by Crippen LogP contribution is 2.22. The van der Waals surface area contributed by atoms with Crippen molar-refractivity contribution in [2.24, 2.45) is 5.92 Å². The summed E-state index contributed by atoms with van der Waals surface area (Å²) in [5, 5.41) is 2.64. The van der Waals surface area contributed by atoms with Gasteiger partial charge < -0.3 is 15.0 Å². The van der Waals surface area contributed by atoms with Crippen molar-refractivity contribution >= 4 is 17.5 Å². The Bertz CT molecular complexity index is 649. The Balaban J connectivity index is 1.40. The molecule has 0 aliphatic carbocycles. The third-order valence-corrected chi connectivity index (χ3v) is 5.25. The second-order valence-electron chi connectivity index (χ2n) is 7.30. The van der Waals surface area contributed by atoms with Gasteiger partial charge in [-0.15, -0.1) is 0 Å². The zero-order valence-electron chi connectivity index (χ0n) is 15.7. The van der Waals surface area contributed by atoms with Crippen LogP contribution in [0, 0.1) is 11.7 Å². The third-order valence-electron chi connectivity index (χ3n) is 5.25. The van der Waals surface area contributed by atoms with E-state index in [4.69, 9.17) is 4.74 Å². The highest BCUT2D eigenvalue weighted by molar-refractivity contribution is 5.90. The number of halogens is 1. The van der Waals surface area contributed by atoms with Gasteiger partial charge in [0.2, 0.25) is 11.8 Å². The van der Waals surface area contributed by atoms with Crippen LogP contribution in [0.4, 0.5) is 10.1 Å². The maximum Gasteiger partial charge on any atom is 0.236 e. The van der Waals surface area contributed by atoms with E-state index in [1.54, 1.807) is 18.2 Å². The highest BCUT2D eigenvalue weighted by Gasteiger charge is 2.25. The van der Waals surface area contributed by atoms with E-state index in [0.717, 1.165) is 32.4 Å². The van der Waals surface area contributed by atoms with E-state index in [9.17, 15) is 14.0 Å². The van der Waals surface area contributed by atoms with Gasteiger partial charge in [0.05, 0.1) is 25.4 Å². The van der Waals surface area contributed by atoms with Crippen molar-refractivity contribution in [3.8, 4) is 0 Å². The molecule has 2 aliphatic rings. The fraction of sp³-hybridized carbons (Fsp3) is 0.600. The number of benzene rings is 1. The molecule has 6 nitrogen and oxygen atoms in total. The zero-order chi connectivity index (χ0) is 19.1. The summed E-state index contributed by atoms with van der Waals surface area (Å²) in [5.74, 6) is -0.0308. The quantitative estimate of drug-likeness (QED) is 0.825. The van der Waals surface area contributed by atoms with Crippen molar-refractivity contribution in [1.29, 1.82) is 0 Å². The Labute approximate surface area is 159 Å². The Morgan fingerprint density at radius 3 is 2.74 bits per heavy atom. The smallest absolute Gasteiger partial charge is 0.236 e. The third kappa shape index (κ3) is 6.01. The summed E-state index contributed by atoms with van der Waals surface area (Å²) in [7, 11) is 0. The Hall–Kier alpha value is -1.99. The largest absolute Gasteiger partial charge is 0.378 e. The van der Waals surface area contributed by atoms with E-state index in [1.165, 1.54) is 6.07 Å². The molecule has 0 bridgehead atoms. The lowest BCUT2D eigenvalue weighted by Gasteiger charge is -2.34. The highest BCUT2D eigenvalue weighted by atomic mass is 19.1. The normalized spacial score (nSPS) is 21.1. The van der Waals surface area contributed by atoms with Gasteiger partial charge >= 0.3 is 0 Å². The van der Waals surface area contributed by atoms with Gasteiger partial charge in [-0.25, -0.2) is 4.39 Å². The van der Waals surface area contributed by atoms with Crippen LogP contribution < -0.4 is 5.32 Å². The SMILES string of the molecule is O=C(CC[C@@H]1CCCN(CC(=O)N2CCOCC2)C1)Nc1ccccc1F. The fourth-order valence-corrected chi connectivity index (χ4v) is 3.75. The number of anilines is 1. The van der Waals surface area contributed by atoms with Crippen LogP contribution in [-0.2, 0) is 14.3 Å². The minimum absolute atomic E-state index is 0.163. The molecule has 1 aromatic carbocycles. The molecule has 2 heterocycles. The number of ether oxygens (including phenoxy) is 1. The van der Waals surface area contributed by atoms with E-state index < -0.39 is 5.82 Å². The lowest BCUT2D eigenvalue weighted by atomic mass is 9.93. The van der Waals surface area contributed by atoms with Crippen LogP contribution in [-0.4, -0.2) is 67.6 Å². The number of nitrogens with one attached hydrogen (secondary N) is 1. The molecule has 2 aliphatic heterocycles. The predicted octanol–water partition coefficient (Wildman–Crippen LogP) is 2.12. The van der Waals surface area contributed by atoms with Crippen molar-refractivity contribution < 1.29 is 18.7 Å². The van der Waals surface area contributed by atoms with E-state index in [0.29, 0.717) is 45.2 Å². The standard InChI is InChI=1S/C20H28FN3O3/c21-17-5-1-2-6-18(17)22-19(25)8-7-16-4-3-9-23(14-16)15-20(26)24-10-12-27-13-11-24/h1-2,5-6,16H,3-4,7-15H2,(H,22,25)/t16-/m0/s1. The number of carbonyl (C=O) groups is 2.